The maximum absolute atomic E-state index is 12.6. The second-order valence-electron chi connectivity index (χ2n) is 7.56. The topological polar surface area (TPSA) is 110 Å². The molecule has 0 radical (unpaired) electrons. The number of carbonyl (C=O) groups is 1. The molecule has 2 N–H and O–H groups in total. The minimum atomic E-state index is -0.284. The van der Waals surface area contributed by atoms with Gasteiger partial charge in [-0.25, -0.2) is 15.0 Å². The molecule has 1 aliphatic heterocycles. The summed E-state index contributed by atoms with van der Waals surface area (Å²) in [5.41, 5.74) is 1.09. The van der Waals surface area contributed by atoms with Crippen molar-refractivity contribution in [2.24, 2.45) is 5.92 Å². The average molecular weight is 399 g/mol. The third-order valence-electron chi connectivity index (χ3n) is 4.75. The first-order chi connectivity index (χ1) is 13.3. The Morgan fingerprint density at radius 3 is 2.96 bits per heavy atom. The van der Waals surface area contributed by atoms with Gasteiger partial charge in [0.05, 0.1) is 16.0 Å². The number of H-pyrrole nitrogens is 1. The molecule has 4 rings (SSSR count). The Kier molecular flexibility index (Phi) is 4.72. The normalized spacial score (nSPS) is 18.9. The summed E-state index contributed by atoms with van der Waals surface area (Å²) in [6.45, 7) is 6.32. The molecule has 1 amide bonds. The van der Waals surface area contributed by atoms with E-state index in [1.807, 2.05) is 19.9 Å². The predicted octanol–water partition coefficient (Wildman–Crippen LogP) is 2.89. The van der Waals surface area contributed by atoms with E-state index in [0.717, 1.165) is 10.4 Å². The molecule has 1 fully saturated rings. The van der Waals surface area contributed by atoms with Crippen LogP contribution in [0.1, 0.15) is 32.5 Å². The van der Waals surface area contributed by atoms with E-state index in [-0.39, 0.29) is 23.0 Å². The molecule has 0 saturated carbocycles. The number of aromatic amines is 1. The largest absolute Gasteiger partial charge is 0.376 e. The first-order valence-corrected chi connectivity index (χ1v) is 9.90. The van der Waals surface area contributed by atoms with Gasteiger partial charge in [0.1, 0.15) is 5.82 Å². The highest BCUT2D eigenvalue weighted by atomic mass is 32.1. The molecule has 1 aliphatic rings. The Morgan fingerprint density at radius 2 is 2.18 bits per heavy atom. The second-order valence-corrected chi connectivity index (χ2v) is 8.59. The molecule has 146 valence electrons. The molecule has 1 saturated heterocycles. The summed E-state index contributed by atoms with van der Waals surface area (Å²) < 4.78 is 5.68. The first kappa shape index (κ1) is 18.7. The lowest BCUT2D eigenvalue weighted by Crippen LogP contribution is -2.39. The number of rotatable bonds is 3. The van der Waals surface area contributed by atoms with Crippen molar-refractivity contribution in [1.29, 1.82) is 0 Å². The van der Waals surface area contributed by atoms with E-state index >= 15 is 0 Å². The van der Waals surface area contributed by atoms with Crippen molar-refractivity contribution in [3.8, 4) is 10.4 Å². The number of aryl methyl sites for hydroxylation is 1. The molecule has 1 unspecified atom stereocenters. The summed E-state index contributed by atoms with van der Waals surface area (Å²) in [6.07, 6.45) is 4.71. The first-order valence-electron chi connectivity index (χ1n) is 9.08. The van der Waals surface area contributed by atoms with Gasteiger partial charge in [0.15, 0.2) is 10.6 Å². The standard InChI is InChI=1S/C19H21N5O3S/c1-10-22-13-6-12(8-20-15(13)17(26)23-10)14-9-21-18(28-14)24-16(25)11-4-5-27-19(2,3)7-11/h6,8-9,11H,4-5,7H2,1-3H3,(H,21,24,25)(H,22,23,26). The summed E-state index contributed by atoms with van der Waals surface area (Å²) in [5.74, 6) is 0.420. The van der Waals surface area contributed by atoms with Crippen LogP contribution in [0.2, 0.25) is 0 Å². The van der Waals surface area contributed by atoms with Crippen molar-refractivity contribution in [2.75, 3.05) is 11.9 Å². The fourth-order valence-corrected chi connectivity index (χ4v) is 4.21. The lowest BCUT2D eigenvalue weighted by molar-refractivity contribution is -0.130. The van der Waals surface area contributed by atoms with Crippen LogP contribution in [0.5, 0.6) is 0 Å². The zero-order valence-corrected chi connectivity index (χ0v) is 16.7. The van der Waals surface area contributed by atoms with Crippen LogP contribution < -0.4 is 10.9 Å². The van der Waals surface area contributed by atoms with Crippen LogP contribution in [-0.2, 0) is 9.53 Å². The molecule has 3 aromatic rings. The maximum Gasteiger partial charge on any atom is 0.277 e. The van der Waals surface area contributed by atoms with Crippen LogP contribution in [0, 0.1) is 12.8 Å². The summed E-state index contributed by atoms with van der Waals surface area (Å²) >= 11 is 1.37. The van der Waals surface area contributed by atoms with Gasteiger partial charge in [0, 0.05) is 30.5 Å². The number of nitrogens with one attached hydrogen (secondary N) is 2. The molecule has 0 bridgehead atoms. The molecular weight excluding hydrogens is 378 g/mol. The van der Waals surface area contributed by atoms with Gasteiger partial charge in [-0.1, -0.05) is 11.3 Å². The molecule has 1 atom stereocenters. The van der Waals surface area contributed by atoms with E-state index in [1.54, 1.807) is 19.3 Å². The number of hydrogen-bond acceptors (Lipinski definition) is 7. The van der Waals surface area contributed by atoms with Crippen molar-refractivity contribution in [3.05, 3.63) is 34.6 Å². The Balaban J connectivity index is 1.54. The van der Waals surface area contributed by atoms with Gasteiger partial charge in [-0.2, -0.15) is 0 Å². The maximum atomic E-state index is 12.6. The molecule has 3 aromatic heterocycles. The van der Waals surface area contributed by atoms with E-state index in [2.05, 4.69) is 25.3 Å². The van der Waals surface area contributed by atoms with Gasteiger partial charge in [-0.05, 0) is 39.7 Å². The van der Waals surface area contributed by atoms with Crippen LogP contribution in [0.15, 0.2) is 23.3 Å². The molecule has 4 heterocycles. The van der Waals surface area contributed by atoms with Crippen molar-refractivity contribution in [1.82, 2.24) is 19.9 Å². The van der Waals surface area contributed by atoms with Crippen LogP contribution >= 0.6 is 11.3 Å². The lowest BCUT2D eigenvalue weighted by atomic mass is 9.88. The Hall–Kier alpha value is -2.65. The highest BCUT2D eigenvalue weighted by Gasteiger charge is 2.33. The van der Waals surface area contributed by atoms with Gasteiger partial charge in [0.2, 0.25) is 5.91 Å². The number of anilines is 1. The van der Waals surface area contributed by atoms with E-state index < -0.39 is 0 Å². The zero-order valence-electron chi connectivity index (χ0n) is 15.9. The predicted molar refractivity (Wildman–Crippen MR) is 107 cm³/mol. The fourth-order valence-electron chi connectivity index (χ4n) is 3.41. The van der Waals surface area contributed by atoms with E-state index in [9.17, 15) is 9.59 Å². The summed E-state index contributed by atoms with van der Waals surface area (Å²) in [6, 6.07) is 1.81. The summed E-state index contributed by atoms with van der Waals surface area (Å²) in [4.78, 5) is 40.9. The Labute approximate surface area is 165 Å². The number of carbonyl (C=O) groups excluding carboxylic acids is 1. The highest BCUT2D eigenvalue weighted by Crippen LogP contribution is 2.32. The molecule has 0 aromatic carbocycles. The lowest BCUT2D eigenvalue weighted by Gasteiger charge is -2.34. The highest BCUT2D eigenvalue weighted by molar-refractivity contribution is 7.19. The van der Waals surface area contributed by atoms with Crippen LogP contribution in [-0.4, -0.2) is 38.1 Å². The van der Waals surface area contributed by atoms with Crippen molar-refractivity contribution in [2.45, 2.75) is 39.2 Å². The molecular formula is C19H21N5O3S. The SMILES string of the molecule is Cc1nc2cc(-c3cnc(NC(=O)C4CCOC(C)(C)C4)s3)cnc2c(=O)[nH]1. The zero-order chi connectivity index (χ0) is 19.9. The van der Waals surface area contributed by atoms with E-state index in [4.69, 9.17) is 4.74 Å². The number of pyridine rings is 1. The van der Waals surface area contributed by atoms with Crippen LogP contribution in [0.4, 0.5) is 5.13 Å². The molecule has 0 spiro atoms. The molecule has 28 heavy (non-hydrogen) atoms. The quantitative estimate of drug-likeness (QED) is 0.701. The fraction of sp³-hybridized carbons (Fsp3) is 0.421. The number of amides is 1. The molecule has 9 heteroatoms. The Morgan fingerprint density at radius 1 is 1.36 bits per heavy atom. The minimum absolute atomic E-state index is 0.0299. The number of fused-ring (bicyclic) bond motifs is 1. The van der Waals surface area contributed by atoms with E-state index in [0.29, 0.717) is 41.4 Å². The van der Waals surface area contributed by atoms with Gasteiger partial charge in [-0.15, -0.1) is 0 Å². The third kappa shape index (κ3) is 3.81. The van der Waals surface area contributed by atoms with Gasteiger partial charge >= 0.3 is 0 Å². The molecule has 8 nitrogen and oxygen atoms in total. The number of thiazole rings is 1. The molecule has 0 aliphatic carbocycles. The van der Waals surface area contributed by atoms with Gasteiger partial charge < -0.3 is 15.0 Å². The number of nitrogens with zero attached hydrogens (tertiary/aromatic N) is 3. The van der Waals surface area contributed by atoms with Crippen molar-refractivity contribution in [3.63, 3.8) is 0 Å². The number of hydrogen-bond donors (Lipinski definition) is 2. The monoisotopic (exact) mass is 399 g/mol. The minimum Gasteiger partial charge on any atom is -0.376 e. The summed E-state index contributed by atoms with van der Waals surface area (Å²) in [5, 5.41) is 3.46. The van der Waals surface area contributed by atoms with Crippen molar-refractivity contribution >= 4 is 33.4 Å². The number of aromatic nitrogens is 4. The van der Waals surface area contributed by atoms with Gasteiger partial charge in [-0.3, -0.25) is 9.59 Å². The van der Waals surface area contributed by atoms with Gasteiger partial charge in [0.25, 0.3) is 5.56 Å². The average Bonchev–Trinajstić information content (AvgIpc) is 3.08. The van der Waals surface area contributed by atoms with Crippen LogP contribution in [0.3, 0.4) is 0 Å². The number of ether oxygens (including phenoxy) is 1. The van der Waals surface area contributed by atoms with Crippen LogP contribution in [0.25, 0.3) is 21.5 Å². The van der Waals surface area contributed by atoms with E-state index in [1.165, 1.54) is 11.3 Å². The third-order valence-corrected chi connectivity index (χ3v) is 5.72. The smallest absolute Gasteiger partial charge is 0.277 e. The second kappa shape index (κ2) is 7.06. The van der Waals surface area contributed by atoms with Crippen molar-refractivity contribution < 1.29 is 9.53 Å². The Bertz CT molecular complexity index is 1100. The summed E-state index contributed by atoms with van der Waals surface area (Å²) in [7, 11) is 0.